The molecule has 0 saturated carbocycles. The Morgan fingerprint density at radius 2 is 1.95 bits per heavy atom. The van der Waals surface area contributed by atoms with Crippen molar-refractivity contribution in [3.8, 4) is 0 Å². The van der Waals surface area contributed by atoms with E-state index in [-0.39, 0.29) is 11.9 Å². The summed E-state index contributed by atoms with van der Waals surface area (Å²) in [5.74, 6) is 0.0765. The lowest BCUT2D eigenvalue weighted by Gasteiger charge is -2.31. The lowest BCUT2D eigenvalue weighted by Crippen LogP contribution is -2.40. The van der Waals surface area contributed by atoms with Crippen molar-refractivity contribution in [1.29, 1.82) is 0 Å². The maximum atomic E-state index is 12.1. The molecule has 0 aliphatic carbocycles. The maximum absolute atomic E-state index is 12.1. The fourth-order valence-electron chi connectivity index (χ4n) is 2.42. The van der Waals surface area contributed by atoms with Gasteiger partial charge in [0.15, 0.2) is 5.78 Å². The monoisotopic (exact) mass is 275 g/mol. The van der Waals surface area contributed by atoms with E-state index in [1.54, 1.807) is 11.8 Å². The number of hydrogen-bond donors (Lipinski definition) is 0. The van der Waals surface area contributed by atoms with E-state index in [1.807, 2.05) is 39.0 Å². The van der Waals surface area contributed by atoms with Crippen LogP contribution in [0.2, 0.25) is 0 Å². The van der Waals surface area contributed by atoms with Crippen molar-refractivity contribution in [3.05, 3.63) is 34.9 Å². The molecule has 0 bridgehead atoms. The van der Waals surface area contributed by atoms with E-state index in [4.69, 9.17) is 4.74 Å². The molecule has 1 aromatic rings. The number of amides is 1. The number of hydrogen-bond acceptors (Lipinski definition) is 3. The van der Waals surface area contributed by atoms with Crippen molar-refractivity contribution in [3.63, 3.8) is 0 Å². The molecule has 1 aliphatic rings. The van der Waals surface area contributed by atoms with Gasteiger partial charge in [-0.2, -0.15) is 0 Å². The number of carbonyl (C=O) groups excluding carboxylic acids is 2. The van der Waals surface area contributed by atoms with Crippen LogP contribution < -0.4 is 0 Å². The molecule has 4 heteroatoms. The standard InChI is InChI=1S/C16H21NO3/c1-11(18)13-7-5-6-12-10-17(9-8-14(12)13)15(19)20-16(2,3)4/h5-7H,8-10H2,1-4H3. The Hall–Kier alpha value is -1.84. The first-order valence-corrected chi connectivity index (χ1v) is 6.87. The van der Waals surface area contributed by atoms with E-state index in [0.717, 1.165) is 16.7 Å². The summed E-state index contributed by atoms with van der Waals surface area (Å²) < 4.78 is 5.39. The molecular formula is C16H21NO3. The normalized spacial score (nSPS) is 14.7. The van der Waals surface area contributed by atoms with Gasteiger partial charge in [0.25, 0.3) is 0 Å². The van der Waals surface area contributed by atoms with Gasteiger partial charge in [-0.3, -0.25) is 4.79 Å². The summed E-state index contributed by atoms with van der Waals surface area (Å²) in [4.78, 5) is 25.4. The number of nitrogens with zero attached hydrogens (tertiary/aromatic N) is 1. The van der Waals surface area contributed by atoms with Crippen molar-refractivity contribution < 1.29 is 14.3 Å². The number of ketones is 1. The zero-order valence-corrected chi connectivity index (χ0v) is 12.5. The lowest BCUT2D eigenvalue weighted by atomic mass is 9.93. The second-order valence-electron chi connectivity index (χ2n) is 6.15. The molecule has 0 unspecified atom stereocenters. The molecule has 108 valence electrons. The molecule has 0 radical (unpaired) electrons. The van der Waals surface area contributed by atoms with Gasteiger partial charge in [-0.05, 0) is 45.2 Å². The molecule has 0 spiro atoms. The third-order valence-electron chi connectivity index (χ3n) is 3.30. The summed E-state index contributed by atoms with van der Waals surface area (Å²) in [6.45, 7) is 8.25. The SMILES string of the molecule is CC(=O)c1cccc2c1CCN(C(=O)OC(C)(C)C)C2. The third kappa shape index (κ3) is 3.18. The summed E-state index contributed by atoms with van der Waals surface area (Å²) in [6.07, 6.45) is 0.404. The Morgan fingerprint density at radius 3 is 2.55 bits per heavy atom. The number of carbonyl (C=O) groups is 2. The highest BCUT2D eigenvalue weighted by Crippen LogP contribution is 2.24. The zero-order valence-electron chi connectivity index (χ0n) is 12.5. The smallest absolute Gasteiger partial charge is 0.410 e. The van der Waals surface area contributed by atoms with E-state index < -0.39 is 5.60 Å². The minimum atomic E-state index is -0.488. The summed E-state index contributed by atoms with van der Waals surface area (Å²) >= 11 is 0. The second kappa shape index (κ2) is 5.27. The molecule has 20 heavy (non-hydrogen) atoms. The predicted octanol–water partition coefficient (Wildman–Crippen LogP) is 3.18. The lowest BCUT2D eigenvalue weighted by molar-refractivity contribution is 0.0224. The molecule has 1 heterocycles. The van der Waals surface area contributed by atoms with Gasteiger partial charge in [0, 0.05) is 18.7 Å². The highest BCUT2D eigenvalue weighted by molar-refractivity contribution is 5.96. The zero-order chi connectivity index (χ0) is 14.9. The van der Waals surface area contributed by atoms with E-state index in [9.17, 15) is 9.59 Å². The quantitative estimate of drug-likeness (QED) is 0.739. The van der Waals surface area contributed by atoms with Crippen LogP contribution in [0.1, 0.15) is 49.2 Å². The van der Waals surface area contributed by atoms with Gasteiger partial charge >= 0.3 is 6.09 Å². The Bertz CT molecular complexity index is 543. The largest absolute Gasteiger partial charge is 0.444 e. The summed E-state index contributed by atoms with van der Waals surface area (Å²) in [6, 6.07) is 5.69. The van der Waals surface area contributed by atoms with Gasteiger partial charge in [0.2, 0.25) is 0 Å². The second-order valence-corrected chi connectivity index (χ2v) is 6.15. The molecule has 0 saturated heterocycles. The molecule has 0 N–H and O–H groups in total. The highest BCUT2D eigenvalue weighted by atomic mass is 16.6. The molecule has 1 aromatic carbocycles. The molecule has 1 amide bonds. The summed E-state index contributed by atoms with van der Waals surface area (Å²) in [5, 5.41) is 0. The van der Waals surface area contributed by atoms with Gasteiger partial charge in [-0.1, -0.05) is 18.2 Å². The number of Topliss-reactive ketones (excluding diaryl/α,β-unsaturated/α-hetero) is 1. The number of fused-ring (bicyclic) bond motifs is 1. The Morgan fingerprint density at radius 1 is 1.25 bits per heavy atom. The maximum Gasteiger partial charge on any atom is 0.410 e. The van der Waals surface area contributed by atoms with Gasteiger partial charge < -0.3 is 9.64 Å². The highest BCUT2D eigenvalue weighted by Gasteiger charge is 2.27. The molecule has 0 fully saturated rings. The first-order valence-electron chi connectivity index (χ1n) is 6.87. The van der Waals surface area contributed by atoms with Gasteiger partial charge in [-0.25, -0.2) is 4.79 Å². The molecule has 2 rings (SSSR count). The Balaban J connectivity index is 2.18. The van der Waals surface area contributed by atoms with Crippen molar-refractivity contribution in [2.75, 3.05) is 6.54 Å². The van der Waals surface area contributed by atoms with E-state index >= 15 is 0 Å². The van der Waals surface area contributed by atoms with Crippen molar-refractivity contribution in [2.45, 2.75) is 46.3 Å². The van der Waals surface area contributed by atoms with Crippen LogP contribution in [-0.4, -0.2) is 28.9 Å². The van der Waals surface area contributed by atoms with Crippen LogP contribution in [0, 0.1) is 0 Å². The molecular weight excluding hydrogens is 254 g/mol. The van der Waals surface area contributed by atoms with Crippen LogP contribution in [0.15, 0.2) is 18.2 Å². The molecule has 0 atom stereocenters. The first kappa shape index (κ1) is 14.6. The van der Waals surface area contributed by atoms with E-state index in [2.05, 4.69) is 0 Å². The number of rotatable bonds is 1. The van der Waals surface area contributed by atoms with E-state index in [0.29, 0.717) is 19.5 Å². The summed E-state index contributed by atoms with van der Waals surface area (Å²) in [7, 11) is 0. The topological polar surface area (TPSA) is 46.6 Å². The summed E-state index contributed by atoms with van der Waals surface area (Å²) in [5.41, 5.74) is 2.39. The van der Waals surface area contributed by atoms with E-state index in [1.165, 1.54) is 0 Å². The minimum Gasteiger partial charge on any atom is -0.444 e. The van der Waals surface area contributed by atoms with Gasteiger partial charge in [-0.15, -0.1) is 0 Å². The average Bonchev–Trinajstić information content (AvgIpc) is 2.35. The van der Waals surface area contributed by atoms with Crippen LogP contribution >= 0.6 is 0 Å². The fourth-order valence-corrected chi connectivity index (χ4v) is 2.42. The van der Waals surface area contributed by atoms with Crippen LogP contribution in [0.4, 0.5) is 4.79 Å². The first-order chi connectivity index (χ1) is 9.28. The van der Waals surface area contributed by atoms with Crippen molar-refractivity contribution in [1.82, 2.24) is 4.90 Å². The van der Waals surface area contributed by atoms with Gasteiger partial charge in [0.05, 0.1) is 0 Å². The minimum absolute atomic E-state index is 0.0765. The third-order valence-corrected chi connectivity index (χ3v) is 3.30. The van der Waals surface area contributed by atoms with Crippen molar-refractivity contribution >= 4 is 11.9 Å². The average molecular weight is 275 g/mol. The Kier molecular flexibility index (Phi) is 3.84. The van der Waals surface area contributed by atoms with Crippen LogP contribution in [-0.2, 0) is 17.7 Å². The predicted molar refractivity (Wildman–Crippen MR) is 76.8 cm³/mol. The number of ether oxygens (including phenoxy) is 1. The molecule has 0 aromatic heterocycles. The van der Waals surface area contributed by atoms with Crippen LogP contribution in [0.5, 0.6) is 0 Å². The van der Waals surface area contributed by atoms with Crippen molar-refractivity contribution in [2.24, 2.45) is 0 Å². The number of benzene rings is 1. The van der Waals surface area contributed by atoms with Gasteiger partial charge in [0.1, 0.15) is 5.60 Å². The van der Waals surface area contributed by atoms with Crippen LogP contribution in [0.3, 0.4) is 0 Å². The molecule has 1 aliphatic heterocycles. The Labute approximate surface area is 119 Å². The fraction of sp³-hybridized carbons (Fsp3) is 0.500. The molecule has 4 nitrogen and oxygen atoms in total. The van der Waals surface area contributed by atoms with Crippen LogP contribution in [0.25, 0.3) is 0 Å².